The first-order valence-corrected chi connectivity index (χ1v) is 6.15. The molecule has 2 aromatic rings. The van der Waals surface area contributed by atoms with Gasteiger partial charge in [0.1, 0.15) is 17.3 Å². The van der Waals surface area contributed by atoms with Crippen LogP contribution in [-0.2, 0) is 0 Å². The molecule has 8 heteroatoms. The van der Waals surface area contributed by atoms with E-state index in [2.05, 4.69) is 10.3 Å². The molecule has 1 amide bonds. The van der Waals surface area contributed by atoms with Crippen LogP contribution in [0.1, 0.15) is 16.1 Å². The summed E-state index contributed by atoms with van der Waals surface area (Å²) in [5, 5.41) is 12.8. The molecular weight excluding hydrogens is 301 g/mol. The highest BCUT2D eigenvalue weighted by Crippen LogP contribution is 2.22. The Morgan fingerprint density at radius 2 is 2.10 bits per heavy atom. The number of hydrogen-bond acceptors (Lipinski definition) is 4. The van der Waals surface area contributed by atoms with Crippen LogP contribution in [0.5, 0.6) is 0 Å². The standard InChI is InChI=1S/C13H9ClFN3O3/c1-7-10(18(20)21)5-6-11(16-7)17-13(19)8-3-2-4-9(15)12(8)14/h2-6H,1H3,(H,16,17,19). The van der Waals surface area contributed by atoms with E-state index in [1.807, 2.05) is 0 Å². The molecular formula is C13H9ClFN3O3. The molecule has 1 heterocycles. The summed E-state index contributed by atoms with van der Waals surface area (Å²) in [6.45, 7) is 1.45. The Morgan fingerprint density at radius 1 is 1.38 bits per heavy atom. The van der Waals surface area contributed by atoms with Crippen molar-refractivity contribution < 1.29 is 14.1 Å². The normalized spacial score (nSPS) is 10.2. The van der Waals surface area contributed by atoms with E-state index >= 15 is 0 Å². The van der Waals surface area contributed by atoms with E-state index in [0.717, 1.165) is 6.07 Å². The van der Waals surface area contributed by atoms with E-state index in [-0.39, 0.29) is 27.8 Å². The molecule has 1 aromatic heterocycles. The van der Waals surface area contributed by atoms with Crippen molar-refractivity contribution in [2.75, 3.05) is 5.32 Å². The van der Waals surface area contributed by atoms with Gasteiger partial charge in [0, 0.05) is 6.07 Å². The van der Waals surface area contributed by atoms with E-state index in [4.69, 9.17) is 11.6 Å². The summed E-state index contributed by atoms with van der Waals surface area (Å²) in [4.78, 5) is 26.0. The number of aryl methyl sites for hydroxylation is 1. The smallest absolute Gasteiger partial charge is 0.290 e. The SMILES string of the molecule is Cc1nc(NC(=O)c2cccc(F)c2Cl)ccc1[N+](=O)[O-]. The Bertz CT molecular complexity index is 737. The number of carbonyl (C=O) groups is 1. The van der Waals surface area contributed by atoms with Gasteiger partial charge in [0.2, 0.25) is 0 Å². The van der Waals surface area contributed by atoms with Crippen molar-refractivity contribution in [2.45, 2.75) is 6.92 Å². The number of halogens is 2. The molecule has 6 nitrogen and oxygen atoms in total. The number of pyridine rings is 1. The van der Waals surface area contributed by atoms with Gasteiger partial charge in [-0.15, -0.1) is 0 Å². The number of nitrogens with zero attached hydrogens (tertiary/aromatic N) is 2. The molecule has 0 saturated heterocycles. The molecule has 21 heavy (non-hydrogen) atoms. The van der Waals surface area contributed by atoms with Crippen LogP contribution in [0.2, 0.25) is 5.02 Å². The summed E-state index contributed by atoms with van der Waals surface area (Å²) in [6.07, 6.45) is 0. The summed E-state index contributed by atoms with van der Waals surface area (Å²) in [7, 11) is 0. The third-order valence-electron chi connectivity index (χ3n) is 2.69. The minimum atomic E-state index is -0.711. The van der Waals surface area contributed by atoms with Crippen molar-refractivity contribution in [3.63, 3.8) is 0 Å². The number of nitro groups is 1. The summed E-state index contributed by atoms with van der Waals surface area (Å²) in [5.41, 5.74) is -0.0469. The number of rotatable bonds is 3. The van der Waals surface area contributed by atoms with Crippen molar-refractivity contribution >= 4 is 29.0 Å². The zero-order valence-corrected chi connectivity index (χ0v) is 11.5. The van der Waals surface area contributed by atoms with Gasteiger partial charge in [0.05, 0.1) is 15.5 Å². The highest BCUT2D eigenvalue weighted by Gasteiger charge is 2.16. The average molecular weight is 310 g/mol. The molecule has 0 saturated carbocycles. The Hall–Kier alpha value is -2.54. The first kappa shape index (κ1) is 14.9. The van der Waals surface area contributed by atoms with Crippen LogP contribution in [0.4, 0.5) is 15.9 Å². The number of amides is 1. The van der Waals surface area contributed by atoms with Crippen LogP contribution in [0.15, 0.2) is 30.3 Å². The van der Waals surface area contributed by atoms with E-state index in [1.54, 1.807) is 0 Å². The molecule has 108 valence electrons. The average Bonchev–Trinajstić information content (AvgIpc) is 2.41. The Kier molecular flexibility index (Phi) is 4.13. The maximum absolute atomic E-state index is 13.3. The fourth-order valence-electron chi connectivity index (χ4n) is 1.68. The summed E-state index contributed by atoms with van der Waals surface area (Å²) in [6, 6.07) is 6.36. The molecule has 0 atom stereocenters. The van der Waals surface area contributed by atoms with Crippen molar-refractivity contribution in [2.24, 2.45) is 0 Å². The van der Waals surface area contributed by atoms with Gasteiger partial charge in [0.15, 0.2) is 0 Å². The first-order valence-electron chi connectivity index (χ1n) is 5.77. The van der Waals surface area contributed by atoms with Crippen LogP contribution in [0.3, 0.4) is 0 Å². The maximum atomic E-state index is 13.3. The highest BCUT2D eigenvalue weighted by molar-refractivity contribution is 6.34. The largest absolute Gasteiger partial charge is 0.307 e. The quantitative estimate of drug-likeness (QED) is 0.696. The van der Waals surface area contributed by atoms with Crippen LogP contribution in [0.25, 0.3) is 0 Å². The lowest BCUT2D eigenvalue weighted by Crippen LogP contribution is -2.14. The maximum Gasteiger partial charge on any atom is 0.290 e. The molecule has 0 spiro atoms. The third kappa shape index (κ3) is 3.14. The minimum absolute atomic E-state index is 0.0468. The second-order valence-corrected chi connectivity index (χ2v) is 4.49. The second-order valence-electron chi connectivity index (χ2n) is 4.11. The van der Waals surface area contributed by atoms with Gasteiger partial charge in [-0.25, -0.2) is 9.37 Å². The first-order chi connectivity index (χ1) is 9.90. The lowest BCUT2D eigenvalue weighted by atomic mass is 10.2. The fourth-order valence-corrected chi connectivity index (χ4v) is 1.89. The lowest BCUT2D eigenvalue weighted by molar-refractivity contribution is -0.385. The topological polar surface area (TPSA) is 85.1 Å². The number of hydrogen-bond donors (Lipinski definition) is 1. The number of nitrogens with one attached hydrogen (secondary N) is 1. The summed E-state index contributed by atoms with van der Waals surface area (Å²) >= 11 is 5.71. The molecule has 1 N–H and O–H groups in total. The van der Waals surface area contributed by atoms with Crippen LogP contribution in [-0.4, -0.2) is 15.8 Å². The molecule has 1 aromatic carbocycles. The van der Waals surface area contributed by atoms with Gasteiger partial charge < -0.3 is 5.32 Å². The van der Waals surface area contributed by atoms with E-state index in [0.29, 0.717) is 0 Å². The number of benzene rings is 1. The summed E-state index contributed by atoms with van der Waals surface area (Å²) < 4.78 is 13.3. The second kappa shape index (κ2) is 5.84. The Labute approximate surface area is 123 Å². The monoisotopic (exact) mass is 309 g/mol. The molecule has 0 bridgehead atoms. The molecule has 2 rings (SSSR count). The van der Waals surface area contributed by atoms with Crippen molar-refractivity contribution in [3.8, 4) is 0 Å². The van der Waals surface area contributed by atoms with Gasteiger partial charge in [-0.3, -0.25) is 14.9 Å². The zero-order valence-electron chi connectivity index (χ0n) is 10.8. The molecule has 0 aliphatic rings. The van der Waals surface area contributed by atoms with Crippen molar-refractivity contribution in [3.05, 3.63) is 62.5 Å². The Balaban J connectivity index is 2.26. The molecule has 0 radical (unpaired) electrons. The van der Waals surface area contributed by atoms with E-state index in [1.165, 1.54) is 31.2 Å². The predicted octanol–water partition coefficient (Wildman–Crippen LogP) is 3.34. The van der Waals surface area contributed by atoms with Crippen molar-refractivity contribution in [1.29, 1.82) is 0 Å². The third-order valence-corrected chi connectivity index (χ3v) is 3.08. The van der Waals surface area contributed by atoms with Crippen molar-refractivity contribution in [1.82, 2.24) is 4.98 Å². The summed E-state index contributed by atoms with van der Waals surface area (Å²) in [5.74, 6) is -1.25. The molecule has 0 fully saturated rings. The predicted molar refractivity (Wildman–Crippen MR) is 75.0 cm³/mol. The van der Waals surface area contributed by atoms with Crippen LogP contribution < -0.4 is 5.32 Å². The van der Waals surface area contributed by atoms with Gasteiger partial charge in [-0.2, -0.15) is 0 Å². The molecule has 0 aliphatic heterocycles. The van der Waals surface area contributed by atoms with E-state index in [9.17, 15) is 19.3 Å². The van der Waals surface area contributed by atoms with Crippen LogP contribution in [0, 0.1) is 22.9 Å². The zero-order chi connectivity index (χ0) is 15.6. The number of carbonyl (C=O) groups excluding carboxylic acids is 1. The van der Waals surface area contributed by atoms with Gasteiger partial charge in [-0.05, 0) is 25.1 Å². The number of anilines is 1. The van der Waals surface area contributed by atoms with Gasteiger partial charge >= 0.3 is 0 Å². The van der Waals surface area contributed by atoms with Crippen LogP contribution >= 0.6 is 11.6 Å². The molecule has 0 aliphatic carbocycles. The van der Waals surface area contributed by atoms with Gasteiger partial charge in [-0.1, -0.05) is 17.7 Å². The van der Waals surface area contributed by atoms with Gasteiger partial charge in [0.25, 0.3) is 11.6 Å². The molecule has 0 unspecified atom stereocenters. The Morgan fingerprint density at radius 3 is 2.71 bits per heavy atom. The highest BCUT2D eigenvalue weighted by atomic mass is 35.5. The fraction of sp³-hybridized carbons (Fsp3) is 0.0769. The minimum Gasteiger partial charge on any atom is -0.307 e. The van der Waals surface area contributed by atoms with E-state index < -0.39 is 16.6 Å². The number of aromatic nitrogens is 1. The lowest BCUT2D eigenvalue weighted by Gasteiger charge is -2.07.